The van der Waals surface area contributed by atoms with Crippen molar-refractivity contribution >= 4 is 23.1 Å². The number of fused-ring (bicyclic) bond motifs is 1. The van der Waals surface area contributed by atoms with Crippen molar-refractivity contribution in [1.82, 2.24) is 34.6 Å². The summed E-state index contributed by atoms with van der Waals surface area (Å²) in [4.78, 5) is 25.9. The van der Waals surface area contributed by atoms with Crippen LogP contribution in [-0.4, -0.2) is 94.9 Å². The van der Waals surface area contributed by atoms with E-state index in [2.05, 4.69) is 30.7 Å². The lowest BCUT2D eigenvalue weighted by Gasteiger charge is -2.17. The van der Waals surface area contributed by atoms with Crippen LogP contribution in [0, 0.1) is 5.82 Å². The number of aromatic nitrogens is 6. The van der Waals surface area contributed by atoms with Crippen LogP contribution in [0.5, 0.6) is 5.75 Å². The van der Waals surface area contributed by atoms with Crippen LogP contribution in [0.15, 0.2) is 43.0 Å². The molecule has 0 spiro atoms. The Kier molecular flexibility index (Phi) is 7.46. The minimum absolute atomic E-state index is 0.0265. The van der Waals surface area contributed by atoms with E-state index in [0.29, 0.717) is 30.1 Å². The molecule has 216 valence electrons. The lowest BCUT2D eigenvalue weighted by Crippen LogP contribution is -2.33. The van der Waals surface area contributed by atoms with E-state index in [4.69, 9.17) is 14.2 Å². The number of imidazole rings is 1. The van der Waals surface area contributed by atoms with Crippen LogP contribution in [0.3, 0.4) is 0 Å². The Hall–Kier alpha value is -4.22. The van der Waals surface area contributed by atoms with Gasteiger partial charge in [0.1, 0.15) is 24.1 Å². The molecule has 2 aliphatic rings. The van der Waals surface area contributed by atoms with Gasteiger partial charge in [-0.1, -0.05) is 12.1 Å². The van der Waals surface area contributed by atoms with E-state index in [1.54, 1.807) is 12.1 Å². The minimum Gasteiger partial charge on any atom is -0.407 e. The number of carbonyl (C=O) groups excluding carboxylic acids is 1. The second-order valence-electron chi connectivity index (χ2n) is 9.62. The second kappa shape index (κ2) is 11.3. The zero-order valence-electron chi connectivity index (χ0n) is 21.5. The Morgan fingerprint density at radius 2 is 2.02 bits per heavy atom. The van der Waals surface area contributed by atoms with Gasteiger partial charge in [-0.3, -0.25) is 4.57 Å². The number of aliphatic hydroxyl groups is 3. The fraction of sp³-hybridized carbons (Fsp3) is 0.400. The van der Waals surface area contributed by atoms with Gasteiger partial charge in [-0.2, -0.15) is 15.1 Å². The summed E-state index contributed by atoms with van der Waals surface area (Å²) in [5.74, 6) is 0.206. The predicted octanol–water partition coefficient (Wildman–Crippen LogP) is 0.252. The van der Waals surface area contributed by atoms with Crippen molar-refractivity contribution in [2.45, 2.75) is 43.5 Å². The molecule has 16 heteroatoms. The standard InChI is InChI=1S/C25H27FN8O7/c26-14-3-1-13(2-4-14)7-27-25(38)40-16-8-29-34(9-16)24-31-21(30-15-5-6-39-11-15)18-22(32-24)33(12-28-18)23-20(37)19(36)17(10-35)41-23/h1-4,8-9,12,15,17,19-20,23,35-37H,5-7,10-11H2,(H,27,38)(H,30,31,32)/t15-,17-,19-,20-,23-/m1/s1. The maximum Gasteiger partial charge on any atom is 0.412 e. The zero-order chi connectivity index (χ0) is 28.5. The first-order valence-electron chi connectivity index (χ1n) is 12.9. The fourth-order valence-corrected chi connectivity index (χ4v) is 4.63. The molecule has 0 unspecified atom stereocenters. The number of anilines is 1. The molecule has 2 saturated heterocycles. The molecule has 3 aromatic heterocycles. The largest absolute Gasteiger partial charge is 0.412 e. The van der Waals surface area contributed by atoms with Crippen LogP contribution >= 0.6 is 0 Å². The summed E-state index contributed by atoms with van der Waals surface area (Å²) in [5.41, 5.74) is 1.34. The third kappa shape index (κ3) is 5.55. The summed E-state index contributed by atoms with van der Waals surface area (Å²) in [6.07, 6.45) is -0.568. The number of nitrogens with zero attached hydrogens (tertiary/aromatic N) is 6. The maximum absolute atomic E-state index is 13.1. The molecular weight excluding hydrogens is 543 g/mol. The first-order valence-corrected chi connectivity index (χ1v) is 12.9. The van der Waals surface area contributed by atoms with Gasteiger partial charge >= 0.3 is 6.09 Å². The van der Waals surface area contributed by atoms with Crippen LogP contribution in [0.2, 0.25) is 0 Å². The number of benzene rings is 1. The van der Waals surface area contributed by atoms with E-state index in [0.717, 1.165) is 6.42 Å². The zero-order valence-corrected chi connectivity index (χ0v) is 21.5. The molecule has 1 amide bonds. The van der Waals surface area contributed by atoms with E-state index in [-0.39, 0.29) is 35.7 Å². The van der Waals surface area contributed by atoms with Gasteiger partial charge in [-0.15, -0.1) is 0 Å². The van der Waals surface area contributed by atoms with E-state index in [1.807, 2.05) is 0 Å². The summed E-state index contributed by atoms with van der Waals surface area (Å²) in [6, 6.07) is 5.67. The molecule has 6 rings (SSSR count). The van der Waals surface area contributed by atoms with Gasteiger partial charge in [-0.05, 0) is 24.1 Å². The van der Waals surface area contributed by atoms with Gasteiger partial charge in [0.2, 0.25) is 0 Å². The Morgan fingerprint density at radius 3 is 2.76 bits per heavy atom. The predicted molar refractivity (Wildman–Crippen MR) is 138 cm³/mol. The third-order valence-corrected chi connectivity index (χ3v) is 6.80. The normalized spacial score (nSPS) is 24.1. The highest BCUT2D eigenvalue weighted by Gasteiger charge is 2.44. The first kappa shape index (κ1) is 27.0. The summed E-state index contributed by atoms with van der Waals surface area (Å²) < 4.78 is 32.3. The third-order valence-electron chi connectivity index (χ3n) is 6.80. The highest BCUT2D eigenvalue weighted by molar-refractivity contribution is 5.84. The van der Waals surface area contributed by atoms with Crippen molar-refractivity contribution in [2.75, 3.05) is 25.1 Å². The molecule has 0 radical (unpaired) electrons. The van der Waals surface area contributed by atoms with Crippen molar-refractivity contribution in [1.29, 1.82) is 0 Å². The number of halogens is 1. The smallest absolute Gasteiger partial charge is 0.407 e. The molecule has 0 saturated carbocycles. The molecule has 5 N–H and O–H groups in total. The maximum atomic E-state index is 13.1. The van der Waals surface area contributed by atoms with E-state index in [1.165, 1.54) is 40.1 Å². The molecule has 1 aromatic carbocycles. The SMILES string of the molecule is O=C(NCc1ccc(F)cc1)Oc1cnn(-c2nc(N[C@@H]3CCOC3)c3ncn([C@@H]4O[C@H](CO)[C@@H](O)[C@H]4O)c3n2)c1. The lowest BCUT2D eigenvalue weighted by atomic mass is 10.1. The van der Waals surface area contributed by atoms with Gasteiger partial charge in [-0.25, -0.2) is 18.9 Å². The van der Waals surface area contributed by atoms with Gasteiger partial charge in [0.25, 0.3) is 5.95 Å². The fourth-order valence-electron chi connectivity index (χ4n) is 4.63. The highest BCUT2D eigenvalue weighted by atomic mass is 19.1. The van der Waals surface area contributed by atoms with Crippen molar-refractivity contribution < 1.29 is 38.7 Å². The molecule has 41 heavy (non-hydrogen) atoms. The lowest BCUT2D eigenvalue weighted by molar-refractivity contribution is -0.0511. The number of nitrogens with one attached hydrogen (secondary N) is 2. The number of aliphatic hydroxyl groups excluding tert-OH is 3. The molecular formula is C25H27FN8O7. The molecule has 0 bridgehead atoms. The van der Waals surface area contributed by atoms with Crippen LogP contribution in [-0.2, 0) is 16.0 Å². The summed E-state index contributed by atoms with van der Waals surface area (Å²) in [7, 11) is 0. The molecule has 5 heterocycles. The number of ether oxygens (including phenoxy) is 3. The molecule has 4 aromatic rings. The number of carbonyl (C=O) groups is 1. The average molecular weight is 571 g/mol. The summed E-state index contributed by atoms with van der Waals surface area (Å²) in [5, 5.41) is 40.5. The monoisotopic (exact) mass is 570 g/mol. The highest BCUT2D eigenvalue weighted by Crippen LogP contribution is 2.33. The van der Waals surface area contributed by atoms with Gasteiger partial charge in [0.05, 0.1) is 38.0 Å². The van der Waals surface area contributed by atoms with Crippen LogP contribution in [0.4, 0.5) is 15.0 Å². The average Bonchev–Trinajstić information content (AvgIpc) is 3.77. The molecule has 2 fully saturated rings. The van der Waals surface area contributed by atoms with E-state index < -0.39 is 37.2 Å². The Balaban J connectivity index is 1.26. The van der Waals surface area contributed by atoms with E-state index >= 15 is 0 Å². The minimum atomic E-state index is -1.35. The Labute approximate surface area is 231 Å². The van der Waals surface area contributed by atoms with Crippen molar-refractivity contribution in [3.8, 4) is 11.7 Å². The molecule has 15 nitrogen and oxygen atoms in total. The molecule has 5 atom stereocenters. The van der Waals surface area contributed by atoms with Crippen LogP contribution < -0.4 is 15.4 Å². The first-order chi connectivity index (χ1) is 19.9. The van der Waals surface area contributed by atoms with Crippen molar-refractivity contribution in [2.24, 2.45) is 0 Å². The molecule has 0 aliphatic carbocycles. The van der Waals surface area contributed by atoms with E-state index in [9.17, 15) is 24.5 Å². The van der Waals surface area contributed by atoms with Crippen LogP contribution in [0.25, 0.3) is 17.1 Å². The second-order valence-corrected chi connectivity index (χ2v) is 9.62. The van der Waals surface area contributed by atoms with Crippen LogP contribution in [0.1, 0.15) is 18.2 Å². The van der Waals surface area contributed by atoms with Crippen molar-refractivity contribution in [3.05, 3.63) is 54.4 Å². The topological polar surface area (TPSA) is 191 Å². The van der Waals surface area contributed by atoms with Gasteiger partial charge in [0.15, 0.2) is 29.0 Å². The number of rotatable bonds is 8. The molecule has 2 aliphatic heterocycles. The van der Waals surface area contributed by atoms with Gasteiger partial charge < -0.3 is 40.2 Å². The summed E-state index contributed by atoms with van der Waals surface area (Å²) >= 11 is 0. The number of hydrogen-bond acceptors (Lipinski definition) is 12. The number of amides is 1. The summed E-state index contributed by atoms with van der Waals surface area (Å²) in [6.45, 7) is 0.726. The number of hydrogen-bond donors (Lipinski definition) is 5. The van der Waals surface area contributed by atoms with Gasteiger partial charge in [0, 0.05) is 13.2 Å². The Morgan fingerprint density at radius 1 is 1.20 bits per heavy atom. The Bertz CT molecular complexity index is 1520. The van der Waals surface area contributed by atoms with Crippen molar-refractivity contribution in [3.63, 3.8) is 0 Å². The quantitative estimate of drug-likeness (QED) is 0.194.